The quantitative estimate of drug-likeness (QED) is 0.746. The molecule has 112 valence electrons. The van der Waals surface area contributed by atoms with E-state index in [2.05, 4.69) is 15.7 Å². The van der Waals surface area contributed by atoms with Gasteiger partial charge in [-0.15, -0.1) is 11.3 Å². The van der Waals surface area contributed by atoms with E-state index in [0.29, 0.717) is 12.1 Å². The number of carbonyl (C=O) groups is 2. The molecular weight excluding hydrogens is 292 g/mol. The van der Waals surface area contributed by atoms with Gasteiger partial charge in [-0.3, -0.25) is 4.68 Å². The molecule has 0 aromatic carbocycles. The van der Waals surface area contributed by atoms with Crippen molar-refractivity contribution in [1.82, 2.24) is 20.4 Å². The molecule has 0 radical (unpaired) electrons. The number of thiophene rings is 1. The molecule has 7 nitrogen and oxygen atoms in total. The molecule has 2 aromatic rings. The van der Waals surface area contributed by atoms with E-state index in [-0.39, 0.29) is 0 Å². The summed E-state index contributed by atoms with van der Waals surface area (Å²) in [5, 5.41) is 20.1. The second-order valence-electron chi connectivity index (χ2n) is 4.45. The molecule has 21 heavy (non-hydrogen) atoms. The molecule has 3 N–H and O–H groups in total. The van der Waals surface area contributed by atoms with Crippen molar-refractivity contribution >= 4 is 23.3 Å². The smallest absolute Gasteiger partial charge is 0.331 e. The van der Waals surface area contributed by atoms with Crippen LogP contribution in [0.1, 0.15) is 16.5 Å². The van der Waals surface area contributed by atoms with Crippen LogP contribution in [0.2, 0.25) is 0 Å². The van der Waals surface area contributed by atoms with Gasteiger partial charge in [0.1, 0.15) is 0 Å². The monoisotopic (exact) mass is 308 g/mol. The fourth-order valence-electron chi connectivity index (χ4n) is 1.81. The Bertz CT molecular complexity index is 609. The maximum Gasteiger partial charge on any atom is 0.331 e. The molecule has 0 spiro atoms. The molecule has 0 aliphatic rings. The number of hydrogen-bond acceptors (Lipinski definition) is 4. The van der Waals surface area contributed by atoms with Gasteiger partial charge >= 0.3 is 12.0 Å². The van der Waals surface area contributed by atoms with Gasteiger partial charge in [0.15, 0.2) is 6.04 Å². The van der Waals surface area contributed by atoms with E-state index < -0.39 is 18.0 Å². The summed E-state index contributed by atoms with van der Waals surface area (Å²) < 4.78 is 1.49. The number of aryl methyl sites for hydroxylation is 1. The van der Waals surface area contributed by atoms with Gasteiger partial charge in [0.25, 0.3) is 0 Å². The van der Waals surface area contributed by atoms with Gasteiger partial charge in [0.2, 0.25) is 0 Å². The summed E-state index contributed by atoms with van der Waals surface area (Å²) in [6.45, 7) is 0.450. The Morgan fingerprint density at radius 2 is 2.33 bits per heavy atom. The summed E-state index contributed by atoms with van der Waals surface area (Å²) in [6, 6.07) is 2.31. The standard InChI is InChI=1S/C13H16N4O3S/c1-17-8-9(7-15-17)11(12(18)19)16-13(20)14-5-4-10-3-2-6-21-10/h2-3,6-8,11H,4-5H2,1H3,(H,18,19)(H2,14,16,20). The molecule has 1 unspecified atom stereocenters. The largest absolute Gasteiger partial charge is 0.479 e. The third-order valence-corrected chi connectivity index (χ3v) is 3.75. The third-order valence-electron chi connectivity index (χ3n) is 2.82. The van der Waals surface area contributed by atoms with E-state index in [1.807, 2.05) is 17.5 Å². The Kier molecular flexibility index (Phi) is 4.94. The summed E-state index contributed by atoms with van der Waals surface area (Å²) in [4.78, 5) is 24.1. The topological polar surface area (TPSA) is 96.2 Å². The van der Waals surface area contributed by atoms with E-state index in [9.17, 15) is 14.7 Å². The number of hydrogen-bond donors (Lipinski definition) is 3. The zero-order valence-corrected chi connectivity index (χ0v) is 12.3. The van der Waals surface area contributed by atoms with Crippen molar-refractivity contribution in [2.45, 2.75) is 12.5 Å². The zero-order chi connectivity index (χ0) is 15.2. The lowest BCUT2D eigenvalue weighted by Gasteiger charge is -2.13. The maximum absolute atomic E-state index is 11.8. The van der Waals surface area contributed by atoms with Crippen molar-refractivity contribution in [3.05, 3.63) is 40.3 Å². The highest BCUT2D eigenvalue weighted by Crippen LogP contribution is 2.12. The van der Waals surface area contributed by atoms with Crippen LogP contribution in [0.15, 0.2) is 29.9 Å². The molecule has 2 amide bonds. The molecule has 2 heterocycles. The van der Waals surface area contributed by atoms with E-state index >= 15 is 0 Å². The maximum atomic E-state index is 11.8. The number of rotatable bonds is 6. The minimum Gasteiger partial charge on any atom is -0.479 e. The lowest BCUT2D eigenvalue weighted by atomic mass is 10.1. The van der Waals surface area contributed by atoms with E-state index in [0.717, 1.165) is 11.3 Å². The Labute approximate surface area is 125 Å². The van der Waals surface area contributed by atoms with Gasteiger partial charge < -0.3 is 15.7 Å². The van der Waals surface area contributed by atoms with Gasteiger partial charge in [-0.1, -0.05) is 6.07 Å². The molecule has 0 saturated carbocycles. The van der Waals surface area contributed by atoms with Crippen molar-refractivity contribution in [1.29, 1.82) is 0 Å². The van der Waals surface area contributed by atoms with Crippen molar-refractivity contribution < 1.29 is 14.7 Å². The van der Waals surface area contributed by atoms with Crippen LogP contribution in [0.5, 0.6) is 0 Å². The van der Waals surface area contributed by atoms with Crippen LogP contribution in [0.4, 0.5) is 4.79 Å². The number of carboxylic acid groups (broad SMARTS) is 1. The Balaban J connectivity index is 1.85. The number of urea groups is 1. The number of carbonyl (C=O) groups excluding carboxylic acids is 1. The van der Waals surface area contributed by atoms with Crippen LogP contribution in [0, 0.1) is 0 Å². The van der Waals surface area contributed by atoms with Gasteiger partial charge in [-0.25, -0.2) is 9.59 Å². The fraction of sp³-hybridized carbons (Fsp3) is 0.308. The van der Waals surface area contributed by atoms with Crippen LogP contribution in [0.3, 0.4) is 0 Å². The highest BCUT2D eigenvalue weighted by Gasteiger charge is 2.23. The summed E-state index contributed by atoms with van der Waals surface area (Å²) in [5.41, 5.74) is 0.429. The minimum atomic E-state index is -1.13. The first kappa shape index (κ1) is 15.0. The molecule has 0 bridgehead atoms. The zero-order valence-electron chi connectivity index (χ0n) is 11.4. The van der Waals surface area contributed by atoms with E-state index in [4.69, 9.17) is 0 Å². The van der Waals surface area contributed by atoms with E-state index in [1.54, 1.807) is 24.6 Å². The molecule has 2 aromatic heterocycles. The molecule has 0 fully saturated rings. The normalized spacial score (nSPS) is 11.9. The van der Waals surface area contributed by atoms with Crippen molar-refractivity contribution in [3.63, 3.8) is 0 Å². The van der Waals surface area contributed by atoms with E-state index in [1.165, 1.54) is 10.9 Å². The van der Waals surface area contributed by atoms with Gasteiger partial charge in [0, 0.05) is 30.2 Å². The molecule has 8 heteroatoms. The van der Waals surface area contributed by atoms with Gasteiger partial charge in [-0.05, 0) is 17.9 Å². The number of aromatic nitrogens is 2. The van der Waals surface area contributed by atoms with Crippen LogP contribution >= 0.6 is 11.3 Å². The lowest BCUT2D eigenvalue weighted by molar-refractivity contribution is -0.139. The highest BCUT2D eigenvalue weighted by molar-refractivity contribution is 7.09. The predicted octanol–water partition coefficient (Wildman–Crippen LogP) is 1.15. The number of nitrogens with one attached hydrogen (secondary N) is 2. The first-order chi connectivity index (χ1) is 10.1. The number of carboxylic acids is 1. The second-order valence-corrected chi connectivity index (χ2v) is 5.48. The van der Waals surface area contributed by atoms with Crippen molar-refractivity contribution in [2.24, 2.45) is 7.05 Å². The summed E-state index contributed by atoms with van der Waals surface area (Å²) in [7, 11) is 1.68. The molecule has 0 saturated heterocycles. The SMILES string of the molecule is Cn1cc(C(NC(=O)NCCc2cccs2)C(=O)O)cn1. The fourth-order valence-corrected chi connectivity index (χ4v) is 2.52. The minimum absolute atomic E-state index is 0.429. The third kappa shape index (κ3) is 4.32. The summed E-state index contributed by atoms with van der Waals surface area (Å²) in [5.74, 6) is -1.13. The van der Waals surface area contributed by atoms with Crippen LogP contribution < -0.4 is 10.6 Å². The Hall–Kier alpha value is -2.35. The van der Waals surface area contributed by atoms with Gasteiger partial charge in [-0.2, -0.15) is 5.10 Å². The molecule has 2 rings (SSSR count). The second kappa shape index (κ2) is 6.89. The molecular formula is C13H16N4O3S. The van der Waals surface area contributed by atoms with Gasteiger partial charge in [0.05, 0.1) is 6.20 Å². The Morgan fingerprint density at radius 1 is 1.52 bits per heavy atom. The van der Waals surface area contributed by atoms with Crippen LogP contribution in [-0.2, 0) is 18.3 Å². The lowest BCUT2D eigenvalue weighted by Crippen LogP contribution is -2.41. The molecule has 1 atom stereocenters. The average Bonchev–Trinajstić information content (AvgIpc) is 3.07. The molecule has 0 aliphatic heterocycles. The average molecular weight is 308 g/mol. The number of aliphatic carboxylic acids is 1. The summed E-state index contributed by atoms with van der Waals surface area (Å²) in [6.07, 6.45) is 3.70. The Morgan fingerprint density at radius 3 is 2.90 bits per heavy atom. The first-order valence-electron chi connectivity index (χ1n) is 6.34. The van der Waals surface area contributed by atoms with Crippen molar-refractivity contribution in [3.8, 4) is 0 Å². The van der Waals surface area contributed by atoms with Crippen LogP contribution in [0.25, 0.3) is 0 Å². The van der Waals surface area contributed by atoms with Crippen LogP contribution in [-0.4, -0.2) is 33.4 Å². The summed E-state index contributed by atoms with van der Waals surface area (Å²) >= 11 is 1.62. The molecule has 0 aliphatic carbocycles. The predicted molar refractivity (Wildman–Crippen MR) is 78.1 cm³/mol. The number of nitrogens with zero attached hydrogens (tertiary/aromatic N) is 2. The highest BCUT2D eigenvalue weighted by atomic mass is 32.1. The first-order valence-corrected chi connectivity index (χ1v) is 7.22. The number of amides is 2. The van der Waals surface area contributed by atoms with Crippen molar-refractivity contribution in [2.75, 3.05) is 6.54 Å².